The fourth-order valence-electron chi connectivity index (χ4n) is 5.28. The van der Waals surface area contributed by atoms with Crippen LogP contribution in [0.3, 0.4) is 0 Å². The Morgan fingerprint density at radius 2 is 1.26 bits per heavy atom. The summed E-state index contributed by atoms with van der Waals surface area (Å²) < 4.78 is 0. The SMILES string of the molecule is CCCCCCC(CCCC)Cc1ccsc1C#Cc1ccnc(-c2cc(CC)cc(-c3cc(CC)ccn3)n2)c1.O=C=O.O=C=O. The first-order valence-corrected chi connectivity index (χ1v) is 17.3. The zero-order chi connectivity index (χ0) is 34.3. The molecular weight excluding hydrogens is 607 g/mol. The van der Waals surface area contributed by atoms with Gasteiger partial charge in [0, 0.05) is 18.0 Å². The van der Waals surface area contributed by atoms with E-state index < -0.39 is 0 Å². The summed E-state index contributed by atoms with van der Waals surface area (Å²) in [5.74, 6) is 7.71. The van der Waals surface area contributed by atoms with Crippen LogP contribution >= 0.6 is 11.3 Å². The molecule has 0 bridgehead atoms. The van der Waals surface area contributed by atoms with Crippen molar-refractivity contribution in [2.75, 3.05) is 0 Å². The lowest BCUT2D eigenvalue weighted by molar-refractivity contribution is -0.193. The molecule has 0 radical (unpaired) electrons. The maximum atomic E-state index is 8.12. The zero-order valence-electron chi connectivity index (χ0n) is 28.0. The first kappa shape index (κ1) is 38.7. The second-order valence-corrected chi connectivity index (χ2v) is 12.1. The van der Waals surface area contributed by atoms with E-state index in [4.69, 9.17) is 24.2 Å². The molecule has 0 spiro atoms. The quantitative estimate of drug-likeness (QED) is 0.0989. The highest BCUT2D eigenvalue weighted by molar-refractivity contribution is 7.10. The molecule has 0 N–H and O–H groups in total. The molecule has 0 aliphatic carbocycles. The lowest BCUT2D eigenvalue weighted by Crippen LogP contribution is -2.05. The number of aryl methyl sites for hydroxylation is 2. The molecule has 0 amide bonds. The number of aromatic nitrogens is 3. The van der Waals surface area contributed by atoms with Crippen LogP contribution in [0.25, 0.3) is 22.8 Å². The summed E-state index contributed by atoms with van der Waals surface area (Å²) in [6, 6.07) is 14.8. The first-order valence-electron chi connectivity index (χ1n) is 16.5. The predicted molar refractivity (Wildman–Crippen MR) is 185 cm³/mol. The van der Waals surface area contributed by atoms with Crippen molar-refractivity contribution in [1.82, 2.24) is 15.0 Å². The minimum atomic E-state index is 0.250. The van der Waals surface area contributed by atoms with Crippen LogP contribution in [0.15, 0.2) is 60.2 Å². The average Bonchev–Trinajstić information content (AvgIpc) is 3.55. The van der Waals surface area contributed by atoms with Crippen molar-refractivity contribution in [2.45, 2.75) is 98.3 Å². The van der Waals surface area contributed by atoms with Crippen LogP contribution in [0.2, 0.25) is 0 Å². The summed E-state index contributed by atoms with van der Waals surface area (Å²) >= 11 is 1.77. The zero-order valence-corrected chi connectivity index (χ0v) is 28.8. The van der Waals surface area contributed by atoms with E-state index in [-0.39, 0.29) is 12.3 Å². The Kier molecular flexibility index (Phi) is 18.8. The minimum Gasteiger partial charge on any atom is -0.255 e. The monoisotopic (exact) mass is 651 g/mol. The number of nitrogens with zero attached hydrogens (tertiary/aromatic N) is 3. The number of rotatable bonds is 14. The van der Waals surface area contributed by atoms with E-state index in [0.717, 1.165) is 53.5 Å². The topological polar surface area (TPSA) is 107 Å². The molecule has 1 unspecified atom stereocenters. The number of unbranched alkanes of at least 4 members (excludes halogenated alkanes) is 4. The normalized spacial score (nSPS) is 10.6. The summed E-state index contributed by atoms with van der Waals surface area (Å²) in [7, 11) is 0. The van der Waals surface area contributed by atoms with Gasteiger partial charge < -0.3 is 0 Å². The molecule has 0 saturated carbocycles. The van der Waals surface area contributed by atoms with Gasteiger partial charge in [0.1, 0.15) is 0 Å². The van der Waals surface area contributed by atoms with Gasteiger partial charge >= 0.3 is 12.3 Å². The van der Waals surface area contributed by atoms with Crippen molar-refractivity contribution < 1.29 is 19.2 Å². The molecule has 7 nitrogen and oxygen atoms in total. The molecule has 8 heteroatoms. The molecule has 4 rings (SSSR count). The van der Waals surface area contributed by atoms with Crippen molar-refractivity contribution >= 4 is 23.6 Å². The van der Waals surface area contributed by atoms with Crippen LogP contribution in [0.4, 0.5) is 0 Å². The van der Waals surface area contributed by atoms with E-state index in [1.165, 1.54) is 72.9 Å². The summed E-state index contributed by atoms with van der Waals surface area (Å²) in [5, 5.41) is 2.20. The third kappa shape index (κ3) is 13.8. The minimum absolute atomic E-state index is 0.250. The van der Waals surface area contributed by atoms with E-state index in [9.17, 15) is 0 Å². The van der Waals surface area contributed by atoms with Gasteiger partial charge in [0.2, 0.25) is 0 Å². The third-order valence-corrected chi connectivity index (χ3v) is 8.69. The predicted octanol–water partition coefficient (Wildman–Crippen LogP) is 8.94. The van der Waals surface area contributed by atoms with Gasteiger partial charge in [-0.2, -0.15) is 19.2 Å². The summed E-state index contributed by atoms with van der Waals surface area (Å²) in [5.41, 5.74) is 8.38. The van der Waals surface area contributed by atoms with Crippen LogP contribution in [0.5, 0.6) is 0 Å². The van der Waals surface area contributed by atoms with Gasteiger partial charge in [0.15, 0.2) is 0 Å². The van der Waals surface area contributed by atoms with Crippen LogP contribution in [-0.2, 0) is 38.4 Å². The molecule has 0 aliphatic heterocycles. The van der Waals surface area contributed by atoms with E-state index >= 15 is 0 Å². The molecule has 4 aromatic heterocycles. The van der Waals surface area contributed by atoms with Gasteiger partial charge in [-0.05, 0) is 89.7 Å². The molecule has 4 heterocycles. The fourth-order valence-corrected chi connectivity index (χ4v) is 6.06. The van der Waals surface area contributed by atoms with E-state index in [0.29, 0.717) is 0 Å². The van der Waals surface area contributed by atoms with E-state index in [1.54, 1.807) is 11.3 Å². The molecule has 0 aliphatic rings. The van der Waals surface area contributed by atoms with Gasteiger partial charge in [-0.3, -0.25) is 9.97 Å². The van der Waals surface area contributed by atoms with Gasteiger partial charge in [-0.15, -0.1) is 11.3 Å². The Morgan fingerprint density at radius 3 is 1.89 bits per heavy atom. The Bertz CT molecular complexity index is 1630. The second-order valence-electron chi connectivity index (χ2n) is 11.2. The summed E-state index contributed by atoms with van der Waals surface area (Å²) in [4.78, 5) is 48.0. The standard InChI is InChI=1S/C37H45N3S.2CO2/c1-5-9-11-12-14-30(13-10-6-2)23-32-19-22-41-37(32)16-15-31-18-21-39-34(27-31)36-26-29(8-4)25-35(40-36)33-24-28(7-3)17-20-38-33;2*2-1-3/h17-22,24-27,30H,5-14,23H2,1-4H3;;. The molecule has 246 valence electrons. The number of hydrogen-bond acceptors (Lipinski definition) is 8. The molecule has 0 saturated heterocycles. The lowest BCUT2D eigenvalue weighted by atomic mass is 9.89. The van der Waals surface area contributed by atoms with Crippen LogP contribution in [0.1, 0.15) is 106 Å². The van der Waals surface area contributed by atoms with Crippen LogP contribution in [0, 0.1) is 17.8 Å². The van der Waals surface area contributed by atoms with E-state index in [1.807, 2.05) is 18.5 Å². The van der Waals surface area contributed by atoms with Crippen molar-refractivity contribution in [3.8, 4) is 34.6 Å². The lowest BCUT2D eigenvalue weighted by Gasteiger charge is -2.16. The Morgan fingerprint density at radius 1 is 0.660 bits per heavy atom. The second kappa shape index (κ2) is 22.9. The highest BCUT2D eigenvalue weighted by Gasteiger charge is 2.13. The number of carbonyl (C=O) groups excluding carboxylic acids is 4. The fraction of sp³-hybridized carbons (Fsp3) is 0.410. The third-order valence-electron chi connectivity index (χ3n) is 7.82. The average molecular weight is 652 g/mol. The number of thiophene rings is 1. The maximum absolute atomic E-state index is 8.12. The van der Waals surface area contributed by atoms with Crippen molar-refractivity contribution in [3.63, 3.8) is 0 Å². The number of hydrogen-bond donors (Lipinski definition) is 0. The summed E-state index contributed by atoms with van der Waals surface area (Å²) in [6.45, 7) is 8.92. The smallest absolute Gasteiger partial charge is 0.255 e. The van der Waals surface area contributed by atoms with E-state index in [2.05, 4.69) is 91.3 Å². The Hall–Kier alpha value is -4.53. The van der Waals surface area contributed by atoms with Crippen LogP contribution < -0.4 is 0 Å². The highest BCUT2D eigenvalue weighted by Crippen LogP contribution is 2.27. The molecular formula is C39H45N3O4S. The van der Waals surface area contributed by atoms with Crippen molar-refractivity contribution in [2.24, 2.45) is 5.92 Å². The maximum Gasteiger partial charge on any atom is 0.373 e. The molecule has 0 fully saturated rings. The van der Waals surface area contributed by atoms with Gasteiger partial charge in [-0.1, -0.05) is 90.9 Å². The molecule has 4 aromatic rings. The summed E-state index contributed by atoms with van der Waals surface area (Å²) in [6.07, 6.45) is 17.9. The highest BCUT2D eigenvalue weighted by atomic mass is 32.1. The number of pyridine rings is 3. The molecule has 47 heavy (non-hydrogen) atoms. The van der Waals surface area contributed by atoms with Gasteiger partial charge in [-0.25, -0.2) is 4.98 Å². The Labute approximate surface area is 283 Å². The molecule has 1 atom stereocenters. The van der Waals surface area contributed by atoms with Crippen molar-refractivity contribution in [1.29, 1.82) is 0 Å². The van der Waals surface area contributed by atoms with Crippen LogP contribution in [-0.4, -0.2) is 27.3 Å². The largest absolute Gasteiger partial charge is 0.373 e. The van der Waals surface area contributed by atoms with Crippen molar-refractivity contribution in [3.05, 3.63) is 87.4 Å². The van der Waals surface area contributed by atoms with Gasteiger partial charge in [0.05, 0.1) is 27.7 Å². The molecule has 0 aromatic carbocycles. The first-order chi connectivity index (χ1) is 23.0. The Balaban J connectivity index is 0.00000119. The van der Waals surface area contributed by atoms with Gasteiger partial charge in [0.25, 0.3) is 0 Å².